The lowest BCUT2D eigenvalue weighted by Gasteiger charge is -1.97. The van der Waals surface area contributed by atoms with E-state index >= 15 is 0 Å². The van der Waals surface area contributed by atoms with Crippen molar-refractivity contribution in [1.29, 1.82) is 0 Å². The number of nitrogens with one attached hydrogen (secondary N) is 1. The van der Waals surface area contributed by atoms with Crippen LogP contribution >= 0.6 is 0 Å². The minimum atomic E-state index is -0.625. The molecule has 0 unspecified atom stereocenters. The lowest BCUT2D eigenvalue weighted by molar-refractivity contribution is -0.135. The first-order chi connectivity index (χ1) is 7.18. The van der Waals surface area contributed by atoms with Gasteiger partial charge in [0.15, 0.2) is 0 Å². The van der Waals surface area contributed by atoms with Crippen molar-refractivity contribution in [2.45, 2.75) is 6.92 Å². The molecule has 1 N–H and O–H groups in total. The van der Waals surface area contributed by atoms with E-state index in [0.717, 1.165) is 10.9 Å². The van der Waals surface area contributed by atoms with Gasteiger partial charge in [0, 0.05) is 24.0 Å². The number of hydrogen-bond acceptors (Lipinski definition) is 3. The van der Waals surface area contributed by atoms with Crippen LogP contribution in [0.3, 0.4) is 0 Å². The maximum atomic E-state index is 11.5. The summed E-state index contributed by atoms with van der Waals surface area (Å²) in [6.07, 6.45) is 1.54. The second kappa shape index (κ2) is 3.57. The summed E-state index contributed by atoms with van der Waals surface area (Å²) in [7, 11) is 0. The van der Waals surface area contributed by atoms with Gasteiger partial charge >= 0.3 is 11.9 Å². The molecule has 0 saturated heterocycles. The Balaban J connectivity index is 2.44. The molecule has 76 valence electrons. The fourth-order valence-corrected chi connectivity index (χ4v) is 1.43. The molecule has 0 bridgehead atoms. The summed E-state index contributed by atoms with van der Waals surface area (Å²) in [5.74, 6) is -1.23. The maximum Gasteiger partial charge on any atom is 0.347 e. The number of fused-ring (bicyclic) bond motifs is 1. The summed E-state index contributed by atoms with van der Waals surface area (Å²) >= 11 is 0. The van der Waals surface area contributed by atoms with E-state index in [9.17, 15) is 9.59 Å². The maximum absolute atomic E-state index is 11.5. The van der Waals surface area contributed by atoms with Gasteiger partial charge in [-0.25, -0.2) is 4.79 Å². The minimum Gasteiger partial charge on any atom is -0.390 e. The normalized spacial score (nSPS) is 10.2. The Morgan fingerprint density at radius 2 is 2.00 bits per heavy atom. The molecule has 0 spiro atoms. The van der Waals surface area contributed by atoms with Gasteiger partial charge in [0.25, 0.3) is 0 Å². The largest absolute Gasteiger partial charge is 0.390 e. The molecule has 0 fully saturated rings. The van der Waals surface area contributed by atoms with Crippen molar-refractivity contribution in [2.24, 2.45) is 0 Å². The quantitative estimate of drug-likeness (QED) is 0.568. The van der Waals surface area contributed by atoms with E-state index in [0.29, 0.717) is 5.56 Å². The Bertz CT molecular complexity index is 527. The Morgan fingerprint density at radius 1 is 1.27 bits per heavy atom. The summed E-state index contributed by atoms with van der Waals surface area (Å²) < 4.78 is 4.50. The standard InChI is InChI=1S/C11H9NO3/c1-7(13)15-11(14)9-6-12-10-5-3-2-4-8(9)10/h2-6,12H,1H3. The number of para-hydroxylation sites is 1. The second-order valence-electron chi connectivity index (χ2n) is 3.13. The average molecular weight is 203 g/mol. The second-order valence-corrected chi connectivity index (χ2v) is 3.13. The molecule has 4 nitrogen and oxygen atoms in total. The Kier molecular flexibility index (Phi) is 2.25. The minimum absolute atomic E-state index is 0.376. The molecule has 0 aliphatic carbocycles. The van der Waals surface area contributed by atoms with Crippen molar-refractivity contribution in [3.8, 4) is 0 Å². The van der Waals surface area contributed by atoms with Crippen LogP contribution in [0.4, 0.5) is 0 Å². The fourth-order valence-electron chi connectivity index (χ4n) is 1.43. The van der Waals surface area contributed by atoms with Gasteiger partial charge in [-0.2, -0.15) is 0 Å². The first-order valence-electron chi connectivity index (χ1n) is 4.47. The van der Waals surface area contributed by atoms with Crippen molar-refractivity contribution in [3.05, 3.63) is 36.0 Å². The first kappa shape index (κ1) is 9.45. The van der Waals surface area contributed by atoms with Crippen molar-refractivity contribution in [3.63, 3.8) is 0 Å². The molecule has 0 aliphatic rings. The topological polar surface area (TPSA) is 59.2 Å². The van der Waals surface area contributed by atoms with Crippen LogP contribution < -0.4 is 0 Å². The number of ether oxygens (including phenoxy) is 1. The summed E-state index contributed by atoms with van der Waals surface area (Å²) in [6, 6.07) is 7.32. The number of aromatic amines is 1. The highest BCUT2D eigenvalue weighted by Crippen LogP contribution is 2.18. The van der Waals surface area contributed by atoms with Gasteiger partial charge in [-0.1, -0.05) is 18.2 Å². The number of esters is 2. The SMILES string of the molecule is CC(=O)OC(=O)c1c[nH]c2ccccc12. The first-order valence-corrected chi connectivity index (χ1v) is 4.47. The highest BCUT2D eigenvalue weighted by Gasteiger charge is 2.14. The molecular weight excluding hydrogens is 194 g/mol. The molecule has 0 aliphatic heterocycles. The van der Waals surface area contributed by atoms with E-state index in [4.69, 9.17) is 0 Å². The predicted molar refractivity (Wildman–Crippen MR) is 54.4 cm³/mol. The number of aromatic nitrogens is 1. The van der Waals surface area contributed by atoms with Gasteiger partial charge in [0.05, 0.1) is 5.56 Å². The summed E-state index contributed by atoms with van der Waals surface area (Å²) in [4.78, 5) is 25.0. The van der Waals surface area contributed by atoms with Crippen LogP contribution in [0.2, 0.25) is 0 Å². The van der Waals surface area contributed by atoms with Gasteiger partial charge in [0.1, 0.15) is 0 Å². The lowest BCUT2D eigenvalue weighted by atomic mass is 10.2. The van der Waals surface area contributed by atoms with Crippen LogP contribution in [0.25, 0.3) is 10.9 Å². The van der Waals surface area contributed by atoms with Crippen LogP contribution in [-0.2, 0) is 9.53 Å². The van der Waals surface area contributed by atoms with Crippen molar-refractivity contribution in [2.75, 3.05) is 0 Å². The average Bonchev–Trinajstić information content (AvgIpc) is 2.59. The molecule has 1 aromatic carbocycles. The Labute approximate surface area is 85.9 Å². The zero-order valence-electron chi connectivity index (χ0n) is 8.11. The monoisotopic (exact) mass is 203 g/mol. The molecule has 0 amide bonds. The zero-order valence-corrected chi connectivity index (χ0v) is 8.11. The van der Waals surface area contributed by atoms with Crippen LogP contribution in [0, 0.1) is 0 Å². The Morgan fingerprint density at radius 3 is 2.73 bits per heavy atom. The zero-order chi connectivity index (χ0) is 10.8. The molecule has 1 aromatic heterocycles. The van der Waals surface area contributed by atoms with E-state index < -0.39 is 11.9 Å². The third kappa shape index (κ3) is 1.74. The molecule has 0 radical (unpaired) electrons. The van der Waals surface area contributed by atoms with Crippen LogP contribution in [-0.4, -0.2) is 16.9 Å². The summed E-state index contributed by atoms with van der Waals surface area (Å²) in [6.45, 7) is 1.20. The lowest BCUT2D eigenvalue weighted by Crippen LogP contribution is -2.08. The third-order valence-corrected chi connectivity index (χ3v) is 2.05. The predicted octanol–water partition coefficient (Wildman–Crippen LogP) is 1.87. The molecule has 15 heavy (non-hydrogen) atoms. The molecule has 0 atom stereocenters. The van der Waals surface area contributed by atoms with E-state index in [1.165, 1.54) is 13.1 Å². The van der Waals surface area contributed by atoms with Crippen LogP contribution in [0.15, 0.2) is 30.5 Å². The number of carbonyl (C=O) groups excluding carboxylic acids is 2. The molecule has 0 saturated carbocycles. The van der Waals surface area contributed by atoms with Gasteiger partial charge < -0.3 is 9.72 Å². The Hall–Kier alpha value is -2.10. The smallest absolute Gasteiger partial charge is 0.347 e. The molecule has 2 aromatic rings. The number of carbonyl (C=O) groups is 2. The number of benzene rings is 1. The molecule has 2 rings (SSSR count). The van der Waals surface area contributed by atoms with Crippen LogP contribution in [0.5, 0.6) is 0 Å². The fraction of sp³-hybridized carbons (Fsp3) is 0.0909. The highest BCUT2D eigenvalue weighted by molar-refractivity contribution is 6.06. The summed E-state index contributed by atoms with van der Waals surface area (Å²) in [5.41, 5.74) is 1.22. The summed E-state index contributed by atoms with van der Waals surface area (Å²) in [5, 5.41) is 0.753. The molecule has 4 heteroatoms. The van der Waals surface area contributed by atoms with Crippen LogP contribution in [0.1, 0.15) is 17.3 Å². The van der Waals surface area contributed by atoms with E-state index in [1.807, 2.05) is 18.2 Å². The number of H-pyrrole nitrogens is 1. The van der Waals surface area contributed by atoms with E-state index in [1.54, 1.807) is 6.07 Å². The van der Waals surface area contributed by atoms with Gasteiger partial charge in [-0.15, -0.1) is 0 Å². The third-order valence-electron chi connectivity index (χ3n) is 2.05. The van der Waals surface area contributed by atoms with Gasteiger partial charge in [0.2, 0.25) is 0 Å². The van der Waals surface area contributed by atoms with Gasteiger partial charge in [-0.05, 0) is 6.07 Å². The molecule has 1 heterocycles. The van der Waals surface area contributed by atoms with Crippen molar-refractivity contribution in [1.82, 2.24) is 4.98 Å². The van der Waals surface area contributed by atoms with Crippen molar-refractivity contribution < 1.29 is 14.3 Å². The number of hydrogen-bond donors (Lipinski definition) is 1. The van der Waals surface area contributed by atoms with E-state index in [2.05, 4.69) is 9.72 Å². The van der Waals surface area contributed by atoms with Crippen molar-refractivity contribution >= 4 is 22.8 Å². The highest BCUT2D eigenvalue weighted by atomic mass is 16.6. The van der Waals surface area contributed by atoms with Gasteiger partial charge in [-0.3, -0.25) is 4.79 Å². The van der Waals surface area contributed by atoms with E-state index in [-0.39, 0.29) is 0 Å². The molecular formula is C11H9NO3. The number of rotatable bonds is 1.